The van der Waals surface area contributed by atoms with Crippen molar-refractivity contribution in [3.8, 4) is 0 Å². The maximum atomic E-state index is 13.6. The lowest BCUT2D eigenvalue weighted by atomic mass is 10.2. The van der Waals surface area contributed by atoms with Gasteiger partial charge >= 0.3 is 0 Å². The Kier molecular flexibility index (Phi) is 4.72. The lowest BCUT2D eigenvalue weighted by molar-refractivity contribution is 0.465. The fraction of sp³-hybridized carbons (Fsp3) is 0.455. The molecule has 2 rings (SSSR count). The maximum Gasteiger partial charge on any atom is 0.246 e. The standard InChI is InChI=1S/C11H15FN2O2S.ClH/c1-8-2-3-10(12)11(6-8)17(15,16)14-5-4-9(13)7-14;/h2-3,6,9H,4-5,7,13H2,1H3;1H/t9-;/m1./s1. The summed E-state index contributed by atoms with van der Waals surface area (Å²) in [6, 6.07) is 3.93. The van der Waals surface area contributed by atoms with E-state index >= 15 is 0 Å². The summed E-state index contributed by atoms with van der Waals surface area (Å²) in [5, 5.41) is 0. The predicted molar refractivity (Wildman–Crippen MR) is 69.7 cm³/mol. The maximum absolute atomic E-state index is 13.6. The van der Waals surface area contributed by atoms with E-state index in [0.717, 1.165) is 0 Å². The molecule has 102 valence electrons. The smallest absolute Gasteiger partial charge is 0.246 e. The van der Waals surface area contributed by atoms with Gasteiger partial charge < -0.3 is 5.73 Å². The monoisotopic (exact) mass is 294 g/mol. The summed E-state index contributed by atoms with van der Waals surface area (Å²) in [6.45, 7) is 2.35. The van der Waals surface area contributed by atoms with Crippen LogP contribution in [0.5, 0.6) is 0 Å². The highest BCUT2D eigenvalue weighted by Crippen LogP contribution is 2.23. The topological polar surface area (TPSA) is 63.4 Å². The number of nitrogens with two attached hydrogens (primary N) is 1. The number of sulfonamides is 1. The van der Waals surface area contributed by atoms with Crippen LogP contribution in [0.3, 0.4) is 0 Å². The lowest BCUT2D eigenvalue weighted by Crippen LogP contribution is -2.32. The molecule has 0 saturated carbocycles. The number of aryl methyl sites for hydroxylation is 1. The SMILES string of the molecule is Cc1ccc(F)c(S(=O)(=O)N2CC[C@@H](N)C2)c1.Cl. The second-order valence-electron chi connectivity index (χ2n) is 4.35. The predicted octanol–water partition coefficient (Wildman–Crippen LogP) is 1.28. The van der Waals surface area contributed by atoms with Crippen molar-refractivity contribution in [1.29, 1.82) is 0 Å². The molecular weight excluding hydrogens is 279 g/mol. The summed E-state index contributed by atoms with van der Waals surface area (Å²) in [6.07, 6.45) is 0.618. The highest BCUT2D eigenvalue weighted by molar-refractivity contribution is 7.89. The van der Waals surface area contributed by atoms with Gasteiger partial charge in [-0.3, -0.25) is 0 Å². The zero-order chi connectivity index (χ0) is 12.6. The summed E-state index contributed by atoms with van der Waals surface area (Å²) < 4.78 is 39.2. The van der Waals surface area contributed by atoms with Gasteiger partial charge in [-0.05, 0) is 31.0 Å². The van der Waals surface area contributed by atoms with Gasteiger partial charge in [0.15, 0.2) is 0 Å². The molecule has 1 aromatic carbocycles. The Hall–Kier alpha value is -0.690. The van der Waals surface area contributed by atoms with Crippen molar-refractivity contribution in [3.05, 3.63) is 29.6 Å². The first kappa shape index (κ1) is 15.4. The van der Waals surface area contributed by atoms with Crippen molar-refractivity contribution in [2.45, 2.75) is 24.3 Å². The van der Waals surface area contributed by atoms with Crippen molar-refractivity contribution in [2.24, 2.45) is 5.73 Å². The van der Waals surface area contributed by atoms with Gasteiger partial charge in [0, 0.05) is 19.1 Å². The van der Waals surface area contributed by atoms with Gasteiger partial charge in [-0.1, -0.05) is 6.07 Å². The first-order valence-electron chi connectivity index (χ1n) is 5.43. The molecule has 1 aromatic rings. The van der Waals surface area contributed by atoms with Crippen LogP contribution in [0.1, 0.15) is 12.0 Å². The average molecular weight is 295 g/mol. The molecule has 1 aliphatic rings. The fourth-order valence-corrected chi connectivity index (χ4v) is 3.58. The van der Waals surface area contributed by atoms with Crippen LogP contribution in [0.4, 0.5) is 4.39 Å². The first-order valence-corrected chi connectivity index (χ1v) is 6.87. The van der Waals surface area contributed by atoms with Gasteiger partial charge in [0.05, 0.1) is 0 Å². The molecule has 1 saturated heterocycles. The number of hydrogen-bond donors (Lipinski definition) is 1. The quantitative estimate of drug-likeness (QED) is 0.894. The zero-order valence-corrected chi connectivity index (χ0v) is 11.6. The van der Waals surface area contributed by atoms with Crippen LogP contribution in [0, 0.1) is 12.7 Å². The second kappa shape index (κ2) is 5.52. The number of rotatable bonds is 2. The Morgan fingerprint density at radius 1 is 1.44 bits per heavy atom. The van der Waals surface area contributed by atoms with E-state index in [0.29, 0.717) is 18.5 Å². The minimum absolute atomic E-state index is 0. The van der Waals surface area contributed by atoms with Crippen molar-refractivity contribution >= 4 is 22.4 Å². The fourth-order valence-electron chi connectivity index (χ4n) is 1.92. The number of benzene rings is 1. The van der Waals surface area contributed by atoms with E-state index in [1.807, 2.05) is 0 Å². The minimum atomic E-state index is -3.75. The molecule has 1 aliphatic heterocycles. The lowest BCUT2D eigenvalue weighted by Gasteiger charge is -2.16. The molecule has 0 amide bonds. The highest BCUT2D eigenvalue weighted by atomic mass is 35.5. The van der Waals surface area contributed by atoms with E-state index in [2.05, 4.69) is 0 Å². The molecule has 1 fully saturated rings. The van der Waals surface area contributed by atoms with E-state index in [-0.39, 0.29) is 29.9 Å². The molecule has 0 radical (unpaired) electrons. The van der Waals surface area contributed by atoms with Crippen molar-refractivity contribution in [3.63, 3.8) is 0 Å². The molecule has 4 nitrogen and oxygen atoms in total. The molecule has 0 unspecified atom stereocenters. The Bertz CT molecular complexity index is 536. The summed E-state index contributed by atoms with van der Waals surface area (Å²) in [5.74, 6) is -0.712. The molecule has 7 heteroatoms. The Morgan fingerprint density at radius 2 is 2.11 bits per heavy atom. The van der Waals surface area contributed by atoms with Crippen molar-refractivity contribution < 1.29 is 12.8 Å². The summed E-state index contributed by atoms with van der Waals surface area (Å²) in [7, 11) is -3.75. The third-order valence-electron chi connectivity index (χ3n) is 2.89. The van der Waals surface area contributed by atoms with E-state index in [1.54, 1.807) is 13.0 Å². The average Bonchev–Trinajstić information content (AvgIpc) is 2.69. The summed E-state index contributed by atoms with van der Waals surface area (Å²) in [4.78, 5) is -0.258. The summed E-state index contributed by atoms with van der Waals surface area (Å²) >= 11 is 0. The Labute approximate surface area is 112 Å². The third kappa shape index (κ3) is 2.83. The molecule has 1 atom stereocenters. The van der Waals surface area contributed by atoms with Crippen LogP contribution >= 0.6 is 12.4 Å². The Morgan fingerprint density at radius 3 is 2.67 bits per heavy atom. The zero-order valence-electron chi connectivity index (χ0n) is 9.97. The van der Waals surface area contributed by atoms with Gasteiger partial charge in [0.1, 0.15) is 10.7 Å². The van der Waals surface area contributed by atoms with Gasteiger partial charge in [-0.25, -0.2) is 12.8 Å². The minimum Gasteiger partial charge on any atom is -0.326 e. The first-order chi connectivity index (χ1) is 7.91. The van der Waals surface area contributed by atoms with Crippen molar-refractivity contribution in [1.82, 2.24) is 4.31 Å². The van der Waals surface area contributed by atoms with E-state index in [9.17, 15) is 12.8 Å². The molecule has 0 spiro atoms. The molecule has 0 bridgehead atoms. The van der Waals surface area contributed by atoms with Crippen LogP contribution in [-0.4, -0.2) is 31.9 Å². The normalized spacial score (nSPS) is 20.7. The van der Waals surface area contributed by atoms with Crippen LogP contribution in [0.15, 0.2) is 23.1 Å². The van der Waals surface area contributed by atoms with E-state index in [1.165, 1.54) is 16.4 Å². The largest absolute Gasteiger partial charge is 0.326 e. The molecule has 1 heterocycles. The van der Waals surface area contributed by atoms with Crippen LogP contribution in [-0.2, 0) is 10.0 Å². The second-order valence-corrected chi connectivity index (χ2v) is 6.25. The van der Waals surface area contributed by atoms with Gasteiger partial charge in [0.2, 0.25) is 10.0 Å². The molecule has 2 N–H and O–H groups in total. The highest BCUT2D eigenvalue weighted by Gasteiger charge is 2.32. The third-order valence-corrected chi connectivity index (χ3v) is 4.77. The van der Waals surface area contributed by atoms with E-state index < -0.39 is 15.8 Å². The summed E-state index contributed by atoms with van der Waals surface area (Å²) in [5.41, 5.74) is 6.38. The van der Waals surface area contributed by atoms with Crippen molar-refractivity contribution in [2.75, 3.05) is 13.1 Å². The Balaban J connectivity index is 0.00000162. The number of nitrogens with zero attached hydrogens (tertiary/aromatic N) is 1. The van der Waals surface area contributed by atoms with Crippen LogP contribution in [0.25, 0.3) is 0 Å². The van der Waals surface area contributed by atoms with Crippen LogP contribution in [0.2, 0.25) is 0 Å². The van der Waals surface area contributed by atoms with Gasteiger partial charge in [-0.2, -0.15) is 4.31 Å². The molecule has 18 heavy (non-hydrogen) atoms. The van der Waals surface area contributed by atoms with Gasteiger partial charge in [0.25, 0.3) is 0 Å². The number of hydrogen-bond acceptors (Lipinski definition) is 3. The molecule has 0 aromatic heterocycles. The number of halogens is 2. The molecule has 0 aliphatic carbocycles. The van der Waals surface area contributed by atoms with Crippen LogP contribution < -0.4 is 5.73 Å². The van der Waals surface area contributed by atoms with E-state index in [4.69, 9.17) is 5.73 Å². The van der Waals surface area contributed by atoms with Gasteiger partial charge in [-0.15, -0.1) is 12.4 Å². The molecular formula is C11H16ClFN2O2S.